The summed E-state index contributed by atoms with van der Waals surface area (Å²) in [5, 5.41) is 33.8. The molecule has 9 heteroatoms. The fraction of sp³-hybridized carbons (Fsp3) is 0.500. The summed E-state index contributed by atoms with van der Waals surface area (Å²) in [6.45, 7) is 0. The van der Waals surface area contributed by atoms with Crippen LogP contribution in [-0.2, 0) is 30.9 Å². The fourth-order valence-corrected chi connectivity index (χ4v) is 0.714. The third kappa shape index (κ3) is 7.98. The molecule has 0 heterocycles. The molecule has 0 radical (unpaired) electrons. The molecule has 0 amide bonds. The molecular weight excluding hydrogens is 283 g/mol. The zero-order valence-corrected chi connectivity index (χ0v) is 10.6. The zero-order chi connectivity index (χ0) is 10.6. The van der Waals surface area contributed by atoms with Crippen LogP contribution in [0.2, 0.25) is 0 Å². The van der Waals surface area contributed by atoms with E-state index < -0.39 is 36.4 Å². The first-order valence-electron chi connectivity index (χ1n) is 3.17. The van der Waals surface area contributed by atoms with Gasteiger partial charge < -0.3 is 23.3 Å². The fourth-order valence-electron chi connectivity index (χ4n) is 0.714. The summed E-state index contributed by atoms with van der Waals surface area (Å²) in [6, 6.07) is 0. The van der Waals surface area contributed by atoms with Crippen LogP contribution in [0.3, 0.4) is 0 Å². The van der Waals surface area contributed by atoms with Crippen molar-refractivity contribution in [3.63, 3.8) is 0 Å². The van der Waals surface area contributed by atoms with Gasteiger partial charge in [0.25, 0.3) is 0 Å². The Bertz CT molecular complexity index is 247. The van der Waals surface area contributed by atoms with Crippen molar-refractivity contribution in [1.82, 2.24) is 0 Å². The number of hydrogen-bond acceptors (Lipinski definition) is 4. The van der Waals surface area contributed by atoms with Gasteiger partial charge >= 0.3 is 55.6 Å². The molecule has 15 heavy (non-hydrogen) atoms. The molecule has 0 aliphatic carbocycles. The van der Waals surface area contributed by atoms with Gasteiger partial charge in [-0.15, -0.1) is 0 Å². The summed E-state index contributed by atoms with van der Waals surface area (Å²) in [5.74, 6) is -5.02. The number of aliphatic carboxylic acids is 3. The van der Waals surface area contributed by atoms with Crippen LogP contribution in [0.1, 0.15) is 15.7 Å². The second-order valence-corrected chi connectivity index (χ2v) is 2.48. The molecule has 0 unspecified atom stereocenters. The van der Waals surface area contributed by atoms with Gasteiger partial charge in [0, 0.05) is 16.5 Å². The van der Waals surface area contributed by atoms with Gasteiger partial charge in [-0.25, -0.2) is 4.79 Å². The molecule has 0 aromatic carbocycles. The molecule has 88 valence electrons. The maximum Gasteiger partial charge on any atom is 2.00 e. The maximum absolute atomic E-state index is 10.3. The Morgan fingerprint density at radius 3 is 1.40 bits per heavy atom. The van der Waals surface area contributed by atoms with E-state index in [4.69, 9.17) is 20.4 Å². The number of aliphatic hydroxyl groups is 1. The van der Waals surface area contributed by atoms with Gasteiger partial charge in [0.1, 0.15) is 0 Å². The molecule has 0 saturated heterocycles. The van der Waals surface area contributed by atoms with Crippen molar-refractivity contribution >= 4 is 55.6 Å². The average molecular weight is 293 g/mol. The van der Waals surface area contributed by atoms with E-state index in [0.717, 1.165) is 0 Å². The molecule has 0 aliphatic heterocycles. The Labute approximate surface area is 127 Å². The molecule has 0 aromatic rings. The number of rotatable bonds is 5. The first-order chi connectivity index (χ1) is 5.78. The van der Waals surface area contributed by atoms with Crippen LogP contribution in [-0.4, -0.2) is 81.7 Å². The molecule has 4 N–H and O–H groups in total. The summed E-state index contributed by atoms with van der Waals surface area (Å²) in [6.07, 6.45) is -2.29. The normalized spacial score (nSPS) is 9.40. The number of carbonyl (C=O) groups is 3. The predicted octanol–water partition coefficient (Wildman–Crippen LogP) is -1.41. The van der Waals surface area contributed by atoms with E-state index in [2.05, 4.69) is 0 Å². The van der Waals surface area contributed by atoms with Crippen LogP contribution >= 0.6 is 0 Å². The molecular formula is C6H10CaNiO7. The van der Waals surface area contributed by atoms with Gasteiger partial charge in [0.2, 0.25) is 0 Å². The third-order valence-corrected chi connectivity index (χ3v) is 1.29. The molecule has 0 atom stereocenters. The molecule has 0 fully saturated rings. The van der Waals surface area contributed by atoms with Crippen LogP contribution in [0.4, 0.5) is 0 Å². The number of carboxylic acids is 3. The van der Waals surface area contributed by atoms with Crippen molar-refractivity contribution in [3.05, 3.63) is 0 Å². The third-order valence-electron chi connectivity index (χ3n) is 1.29. The van der Waals surface area contributed by atoms with Crippen molar-refractivity contribution < 1.29 is 54.2 Å². The van der Waals surface area contributed by atoms with Gasteiger partial charge in [-0.1, -0.05) is 0 Å². The monoisotopic (exact) mass is 292 g/mol. The zero-order valence-electron chi connectivity index (χ0n) is 9.45. The standard InChI is InChI=1S/C6H8O7.Ca.Ni.2H/c7-3(8)1-6(13,5(11)12)2-4(9)10;;;;/h13H,1-2H2,(H,7,8)(H,9,10)(H,11,12);;;;/q;+2;;2*-1. The van der Waals surface area contributed by atoms with Crippen molar-refractivity contribution in [3.8, 4) is 0 Å². The predicted molar refractivity (Wildman–Crippen MR) is 45.1 cm³/mol. The van der Waals surface area contributed by atoms with Gasteiger partial charge in [-0.05, 0) is 0 Å². The summed E-state index contributed by atoms with van der Waals surface area (Å²) in [4.78, 5) is 30.5. The van der Waals surface area contributed by atoms with E-state index in [0.29, 0.717) is 0 Å². The largest absolute Gasteiger partial charge is 2.00 e. The van der Waals surface area contributed by atoms with E-state index in [1.165, 1.54) is 0 Å². The van der Waals surface area contributed by atoms with Crippen LogP contribution in [0.15, 0.2) is 0 Å². The van der Waals surface area contributed by atoms with Gasteiger partial charge in [0.15, 0.2) is 5.60 Å². The van der Waals surface area contributed by atoms with Crippen LogP contribution < -0.4 is 0 Å². The molecule has 0 rings (SSSR count). The van der Waals surface area contributed by atoms with Crippen LogP contribution in [0.25, 0.3) is 0 Å². The summed E-state index contributed by atoms with van der Waals surface area (Å²) >= 11 is 0. The SMILES string of the molecule is O=C(O)CC(O)(CC(=O)O)C(=O)O.[Ca+2].[H-].[H-].[Ni]. The quantitative estimate of drug-likeness (QED) is 0.458. The topological polar surface area (TPSA) is 132 Å². The van der Waals surface area contributed by atoms with Crippen LogP contribution in [0, 0.1) is 0 Å². The summed E-state index contributed by atoms with van der Waals surface area (Å²) in [5.41, 5.74) is -2.74. The van der Waals surface area contributed by atoms with E-state index in [1.807, 2.05) is 0 Å². The second-order valence-electron chi connectivity index (χ2n) is 2.48. The minimum absolute atomic E-state index is 0. The van der Waals surface area contributed by atoms with Gasteiger partial charge in [0.05, 0.1) is 12.8 Å². The Morgan fingerprint density at radius 1 is 1.00 bits per heavy atom. The van der Waals surface area contributed by atoms with Gasteiger partial charge in [-0.3, -0.25) is 9.59 Å². The first-order valence-corrected chi connectivity index (χ1v) is 3.17. The van der Waals surface area contributed by atoms with E-state index in [1.54, 1.807) is 0 Å². The van der Waals surface area contributed by atoms with Crippen molar-refractivity contribution in [1.29, 1.82) is 0 Å². The Hall–Kier alpha value is 0.123. The van der Waals surface area contributed by atoms with E-state index in [9.17, 15) is 14.4 Å². The number of carboxylic acid groups (broad SMARTS) is 3. The van der Waals surface area contributed by atoms with Crippen molar-refractivity contribution in [2.45, 2.75) is 18.4 Å². The first kappa shape index (κ1) is 20.5. The Balaban J connectivity index is -0.000000120. The number of hydrogen-bond donors (Lipinski definition) is 4. The molecule has 7 nitrogen and oxygen atoms in total. The van der Waals surface area contributed by atoms with E-state index in [-0.39, 0.29) is 57.1 Å². The van der Waals surface area contributed by atoms with Crippen molar-refractivity contribution in [2.75, 3.05) is 0 Å². The maximum atomic E-state index is 10.3. The molecule has 0 spiro atoms. The Kier molecular flexibility index (Phi) is 11.4. The summed E-state index contributed by atoms with van der Waals surface area (Å²) in [7, 11) is 0. The minimum Gasteiger partial charge on any atom is -1.00 e. The summed E-state index contributed by atoms with van der Waals surface area (Å²) < 4.78 is 0. The molecule has 0 bridgehead atoms. The van der Waals surface area contributed by atoms with Gasteiger partial charge in [-0.2, -0.15) is 0 Å². The van der Waals surface area contributed by atoms with Crippen molar-refractivity contribution in [2.24, 2.45) is 0 Å². The van der Waals surface area contributed by atoms with E-state index >= 15 is 0 Å². The smallest absolute Gasteiger partial charge is 1.00 e. The molecule has 0 aliphatic rings. The van der Waals surface area contributed by atoms with Crippen LogP contribution in [0.5, 0.6) is 0 Å². The molecule has 0 aromatic heterocycles. The second kappa shape index (κ2) is 8.30. The average Bonchev–Trinajstić information content (AvgIpc) is 1.82. The molecule has 0 saturated carbocycles. The minimum atomic E-state index is -2.74. The Morgan fingerprint density at radius 2 is 1.27 bits per heavy atom.